The van der Waals surface area contributed by atoms with Crippen molar-refractivity contribution in [1.82, 2.24) is 39.3 Å². The number of rotatable bonds is 8. The summed E-state index contributed by atoms with van der Waals surface area (Å²) in [4.78, 5) is 38.6. The second-order valence-electron chi connectivity index (χ2n) is 16.6. The molecule has 0 atom stereocenters. The van der Waals surface area contributed by atoms with E-state index >= 15 is 0 Å². The van der Waals surface area contributed by atoms with E-state index in [2.05, 4.69) is 29.5 Å². The van der Waals surface area contributed by atoms with Gasteiger partial charge in [-0.1, -0.05) is 0 Å². The van der Waals surface area contributed by atoms with Gasteiger partial charge in [-0.25, -0.2) is 23.5 Å². The molecule has 3 aromatic heterocycles. The molecule has 0 bridgehead atoms. The third-order valence-corrected chi connectivity index (χ3v) is 13.2. The Labute approximate surface area is 324 Å². The summed E-state index contributed by atoms with van der Waals surface area (Å²) < 4.78 is 39.2. The molecule has 5 aliphatic rings. The van der Waals surface area contributed by atoms with Crippen molar-refractivity contribution in [1.29, 1.82) is 0 Å². The number of piperidine rings is 1. The SMILES string of the molecule is CC(=O)N1CCc2c(c(N3CCCc4cc(-c5cnn(C)c5)c(C(F)F)cc43)nn2C2CCN(C3CCC4(CC3)CC(Oc3ncc(C(=O)O)cn3)C4)CC2)C1. The Balaban J connectivity index is 0.886. The Hall–Kier alpha value is -4.92. The molecule has 1 spiro atoms. The van der Waals surface area contributed by atoms with Crippen LogP contribution in [-0.2, 0) is 31.2 Å². The average molecular weight is 770 g/mol. The lowest BCUT2D eigenvalue weighted by Crippen LogP contribution is -2.50. The van der Waals surface area contributed by atoms with Gasteiger partial charge in [-0.3, -0.25) is 14.2 Å². The maximum atomic E-state index is 14.7. The minimum absolute atomic E-state index is 0.00631. The Kier molecular flexibility index (Phi) is 9.53. The third-order valence-electron chi connectivity index (χ3n) is 13.2. The molecule has 2 saturated carbocycles. The van der Waals surface area contributed by atoms with E-state index in [1.54, 1.807) is 37.1 Å². The van der Waals surface area contributed by atoms with Crippen molar-refractivity contribution in [2.45, 2.75) is 109 Å². The van der Waals surface area contributed by atoms with Crippen LogP contribution in [0.4, 0.5) is 20.3 Å². The molecule has 6 heterocycles. The van der Waals surface area contributed by atoms with Crippen LogP contribution in [0.2, 0.25) is 0 Å². The number of carbonyl (C=O) groups excluding carboxylic acids is 1. The number of likely N-dealkylation sites (tertiary alicyclic amines) is 1. The number of alkyl halides is 2. The maximum Gasteiger partial charge on any atom is 0.338 e. The highest BCUT2D eigenvalue weighted by atomic mass is 19.3. The lowest BCUT2D eigenvalue weighted by Gasteiger charge is -2.52. The van der Waals surface area contributed by atoms with Crippen LogP contribution in [0.25, 0.3) is 11.1 Å². The van der Waals surface area contributed by atoms with E-state index in [4.69, 9.17) is 14.9 Å². The van der Waals surface area contributed by atoms with Crippen LogP contribution in [0.15, 0.2) is 36.9 Å². The molecule has 3 fully saturated rings. The highest BCUT2D eigenvalue weighted by Crippen LogP contribution is 2.53. The largest absolute Gasteiger partial charge is 0.478 e. The Morgan fingerprint density at radius 1 is 0.964 bits per heavy atom. The third kappa shape index (κ3) is 6.81. The molecule has 9 rings (SSSR count). The summed E-state index contributed by atoms with van der Waals surface area (Å²) in [5, 5.41) is 18.7. The maximum absolute atomic E-state index is 14.7. The van der Waals surface area contributed by atoms with Gasteiger partial charge in [0.1, 0.15) is 6.10 Å². The summed E-state index contributed by atoms with van der Waals surface area (Å²) in [5.41, 5.74) is 5.57. The van der Waals surface area contributed by atoms with Crippen LogP contribution in [0.5, 0.6) is 6.01 Å². The van der Waals surface area contributed by atoms with Gasteiger partial charge in [0.15, 0.2) is 5.82 Å². The smallest absolute Gasteiger partial charge is 0.338 e. The molecule has 1 saturated heterocycles. The molecule has 1 aromatic carbocycles. The van der Waals surface area contributed by atoms with Crippen molar-refractivity contribution in [3.63, 3.8) is 0 Å². The zero-order valence-electron chi connectivity index (χ0n) is 32.0. The summed E-state index contributed by atoms with van der Waals surface area (Å²) in [5.74, 6) is -0.224. The lowest BCUT2D eigenvalue weighted by atomic mass is 9.58. The quantitative estimate of drug-likeness (QED) is 0.212. The first kappa shape index (κ1) is 36.7. The van der Waals surface area contributed by atoms with Crippen LogP contribution >= 0.6 is 0 Å². The molecule has 296 valence electrons. The molecule has 56 heavy (non-hydrogen) atoms. The highest BCUT2D eigenvalue weighted by molar-refractivity contribution is 5.86. The first-order chi connectivity index (χ1) is 27.0. The molecule has 4 aromatic rings. The fourth-order valence-electron chi connectivity index (χ4n) is 10.2. The molecule has 2 aliphatic carbocycles. The Morgan fingerprint density at radius 2 is 1.71 bits per heavy atom. The number of amides is 1. The molecule has 1 amide bonds. The number of benzene rings is 1. The second-order valence-corrected chi connectivity index (χ2v) is 16.6. The van der Waals surface area contributed by atoms with Gasteiger partial charge < -0.3 is 24.5 Å². The number of hydrogen-bond acceptors (Lipinski definition) is 9. The van der Waals surface area contributed by atoms with Crippen molar-refractivity contribution in [3.8, 4) is 17.1 Å². The first-order valence-electron chi connectivity index (χ1n) is 20.1. The van der Waals surface area contributed by atoms with E-state index in [0.717, 1.165) is 80.7 Å². The van der Waals surface area contributed by atoms with Crippen molar-refractivity contribution in [2.75, 3.05) is 31.1 Å². The van der Waals surface area contributed by atoms with Gasteiger partial charge in [-0.2, -0.15) is 10.2 Å². The predicted molar refractivity (Wildman–Crippen MR) is 203 cm³/mol. The second kappa shape index (κ2) is 14.5. The van der Waals surface area contributed by atoms with Crippen LogP contribution < -0.4 is 9.64 Å². The van der Waals surface area contributed by atoms with E-state index in [9.17, 15) is 18.4 Å². The van der Waals surface area contributed by atoms with Gasteiger partial charge in [-0.05, 0) is 92.9 Å². The summed E-state index contributed by atoms with van der Waals surface area (Å²) in [6.07, 6.45) is 14.4. The number of aromatic carboxylic acids is 1. The molecule has 13 nitrogen and oxygen atoms in total. The average Bonchev–Trinajstić information content (AvgIpc) is 3.80. The number of fused-ring (bicyclic) bond motifs is 2. The standard InChI is InChI=1S/C41H49F2N9O4/c1-25(53)50-15-9-35-34(24-50)38(51-12-3-4-26-16-32(28-22-46-48(2)23-28)33(37(42)43)17-36(26)51)47-52(35)30-7-13-49(14-8-30)29-5-10-41(11-6-29)18-31(19-41)56-40-44-20-27(21-45-40)39(54)55/h16-17,20-23,29-31,37H,3-15,18-19,24H2,1-2H3,(H,54,55). The van der Waals surface area contributed by atoms with Crippen molar-refractivity contribution >= 4 is 23.4 Å². The number of aromatic nitrogens is 6. The predicted octanol–water partition coefficient (Wildman–Crippen LogP) is 6.51. The molecule has 0 radical (unpaired) electrons. The molecule has 0 unspecified atom stereocenters. The van der Waals surface area contributed by atoms with Crippen molar-refractivity contribution in [2.24, 2.45) is 12.5 Å². The molecular formula is C41H49F2N9O4. The van der Waals surface area contributed by atoms with Gasteiger partial charge in [0.25, 0.3) is 6.43 Å². The van der Waals surface area contributed by atoms with E-state index in [1.165, 1.54) is 43.8 Å². The van der Waals surface area contributed by atoms with E-state index < -0.39 is 12.4 Å². The zero-order chi connectivity index (χ0) is 38.7. The van der Waals surface area contributed by atoms with Crippen molar-refractivity contribution in [3.05, 3.63) is 64.9 Å². The van der Waals surface area contributed by atoms with Crippen LogP contribution in [-0.4, -0.2) is 94.6 Å². The van der Waals surface area contributed by atoms with Gasteiger partial charge in [0.2, 0.25) is 5.91 Å². The van der Waals surface area contributed by atoms with Gasteiger partial charge in [-0.15, -0.1) is 0 Å². The monoisotopic (exact) mass is 769 g/mol. The Bertz CT molecular complexity index is 2110. The number of ether oxygens (including phenoxy) is 1. The summed E-state index contributed by atoms with van der Waals surface area (Å²) >= 11 is 0. The summed E-state index contributed by atoms with van der Waals surface area (Å²) in [6.45, 7) is 5.41. The number of nitrogens with zero attached hydrogens (tertiary/aromatic N) is 9. The van der Waals surface area contributed by atoms with Gasteiger partial charge >= 0.3 is 12.0 Å². The van der Waals surface area contributed by atoms with Crippen LogP contribution in [0.3, 0.4) is 0 Å². The first-order valence-corrected chi connectivity index (χ1v) is 20.1. The molecule has 1 N–H and O–H groups in total. The minimum atomic E-state index is -2.65. The number of carboxylic acids is 1. The fraction of sp³-hybridized carbons (Fsp3) is 0.561. The fourth-order valence-corrected chi connectivity index (χ4v) is 10.2. The van der Waals surface area contributed by atoms with Gasteiger partial charge in [0, 0.05) is 99.3 Å². The molecule has 3 aliphatic heterocycles. The van der Waals surface area contributed by atoms with E-state index in [0.29, 0.717) is 42.2 Å². The number of anilines is 2. The summed E-state index contributed by atoms with van der Waals surface area (Å²) in [7, 11) is 1.79. The number of aryl methyl sites for hydroxylation is 2. The minimum Gasteiger partial charge on any atom is -0.478 e. The van der Waals surface area contributed by atoms with Gasteiger partial charge in [0.05, 0.1) is 24.3 Å². The summed E-state index contributed by atoms with van der Waals surface area (Å²) in [6, 6.07) is 4.62. The lowest BCUT2D eigenvalue weighted by molar-refractivity contribution is -0.129. The molecular weight excluding hydrogens is 721 g/mol. The topological polar surface area (TPSA) is 135 Å². The van der Waals surface area contributed by atoms with E-state index in [1.807, 2.05) is 11.0 Å². The Morgan fingerprint density at radius 3 is 2.38 bits per heavy atom. The number of hydrogen-bond donors (Lipinski definition) is 1. The zero-order valence-corrected chi connectivity index (χ0v) is 32.0. The molecule has 15 heteroatoms. The van der Waals surface area contributed by atoms with Crippen LogP contribution in [0, 0.1) is 5.41 Å². The number of halogens is 2. The van der Waals surface area contributed by atoms with E-state index in [-0.39, 0.29) is 35.2 Å². The van der Waals surface area contributed by atoms with Crippen LogP contribution in [0.1, 0.15) is 110 Å². The highest BCUT2D eigenvalue weighted by Gasteiger charge is 2.48. The number of carboxylic acid groups (broad SMARTS) is 1. The normalized spacial score (nSPS) is 24.2. The van der Waals surface area contributed by atoms with Crippen molar-refractivity contribution < 1.29 is 28.2 Å². The number of carbonyl (C=O) groups is 2.